The first-order valence-corrected chi connectivity index (χ1v) is 11.8. The van der Waals surface area contributed by atoms with Gasteiger partial charge in [-0.15, -0.1) is 0 Å². The lowest BCUT2D eigenvalue weighted by Gasteiger charge is -2.18. The first-order chi connectivity index (χ1) is 16.7. The van der Waals surface area contributed by atoms with E-state index in [1.54, 1.807) is 7.11 Å². The Hall–Kier alpha value is -3.80. The molecule has 1 atom stereocenters. The molecule has 1 saturated heterocycles. The summed E-state index contributed by atoms with van der Waals surface area (Å²) in [5.74, 6) is 2.65. The molecule has 1 aliphatic rings. The molecule has 174 valence electrons. The molecule has 0 unspecified atom stereocenters. The van der Waals surface area contributed by atoms with Crippen molar-refractivity contribution >= 4 is 22.6 Å². The van der Waals surface area contributed by atoms with E-state index in [0.29, 0.717) is 26.1 Å². The zero-order valence-corrected chi connectivity index (χ0v) is 19.6. The molecule has 2 heterocycles. The highest BCUT2D eigenvalue weighted by molar-refractivity contribution is 5.96. The normalized spacial score (nSPS) is 15.8. The number of ether oxygens (including phenoxy) is 2. The van der Waals surface area contributed by atoms with Crippen LogP contribution in [0, 0.1) is 0 Å². The second-order valence-electron chi connectivity index (χ2n) is 8.56. The van der Waals surface area contributed by atoms with Crippen molar-refractivity contribution in [2.24, 2.45) is 0 Å². The van der Waals surface area contributed by atoms with Gasteiger partial charge in [-0.1, -0.05) is 37.3 Å². The van der Waals surface area contributed by atoms with Gasteiger partial charge in [0.2, 0.25) is 5.91 Å². The first kappa shape index (κ1) is 22.0. The fourth-order valence-electron chi connectivity index (χ4n) is 4.63. The average Bonchev–Trinajstić information content (AvgIpc) is 3.45. The van der Waals surface area contributed by atoms with Crippen molar-refractivity contribution < 1.29 is 14.3 Å². The number of aryl methyl sites for hydroxylation is 1. The van der Waals surface area contributed by atoms with Gasteiger partial charge in [-0.2, -0.15) is 0 Å². The van der Waals surface area contributed by atoms with Gasteiger partial charge < -0.3 is 18.9 Å². The third kappa shape index (κ3) is 4.36. The number of carbonyl (C=O) groups is 1. The molecule has 3 aromatic carbocycles. The number of nitrogens with zero attached hydrogens (tertiary/aromatic N) is 3. The summed E-state index contributed by atoms with van der Waals surface area (Å²) in [7, 11) is 1.64. The number of carbonyl (C=O) groups excluding carboxylic acids is 1. The maximum atomic E-state index is 13.0. The van der Waals surface area contributed by atoms with Crippen molar-refractivity contribution in [2.45, 2.75) is 32.2 Å². The highest BCUT2D eigenvalue weighted by Gasteiger charge is 2.35. The Labute approximate surface area is 199 Å². The van der Waals surface area contributed by atoms with Crippen molar-refractivity contribution in [1.82, 2.24) is 9.55 Å². The van der Waals surface area contributed by atoms with Crippen LogP contribution in [-0.4, -0.2) is 35.7 Å². The number of amides is 1. The first-order valence-electron chi connectivity index (χ1n) is 11.8. The molecule has 4 aromatic rings. The van der Waals surface area contributed by atoms with E-state index in [2.05, 4.69) is 29.7 Å². The second-order valence-corrected chi connectivity index (χ2v) is 8.56. The van der Waals surface area contributed by atoms with Crippen LogP contribution in [-0.2, 0) is 17.8 Å². The Balaban J connectivity index is 1.37. The summed E-state index contributed by atoms with van der Waals surface area (Å²) in [5.41, 5.74) is 4.15. The van der Waals surface area contributed by atoms with Crippen molar-refractivity contribution in [3.05, 3.63) is 84.2 Å². The minimum atomic E-state index is 0.00920. The largest absolute Gasteiger partial charge is 0.497 e. The van der Waals surface area contributed by atoms with Gasteiger partial charge in [0, 0.05) is 30.6 Å². The number of imidazole rings is 1. The summed E-state index contributed by atoms with van der Waals surface area (Å²) in [4.78, 5) is 19.7. The summed E-state index contributed by atoms with van der Waals surface area (Å²) >= 11 is 0. The van der Waals surface area contributed by atoms with Crippen molar-refractivity contribution in [3.63, 3.8) is 0 Å². The molecule has 6 heteroatoms. The number of hydrogen-bond acceptors (Lipinski definition) is 4. The van der Waals surface area contributed by atoms with E-state index in [1.807, 2.05) is 59.5 Å². The summed E-state index contributed by atoms with van der Waals surface area (Å²) in [6.07, 6.45) is 1.44. The molecular weight excluding hydrogens is 426 g/mol. The molecule has 0 N–H and O–H groups in total. The minimum absolute atomic E-state index is 0.00920. The van der Waals surface area contributed by atoms with Crippen LogP contribution in [0.5, 0.6) is 11.5 Å². The van der Waals surface area contributed by atoms with Gasteiger partial charge >= 0.3 is 0 Å². The second kappa shape index (κ2) is 9.59. The Morgan fingerprint density at radius 2 is 1.82 bits per heavy atom. The maximum absolute atomic E-state index is 13.0. The number of para-hydroxylation sites is 2. The van der Waals surface area contributed by atoms with Crippen LogP contribution in [0.4, 0.5) is 5.69 Å². The topological polar surface area (TPSA) is 56.6 Å². The highest BCUT2D eigenvalue weighted by atomic mass is 16.5. The van der Waals surface area contributed by atoms with Gasteiger partial charge in [0.05, 0.1) is 24.7 Å². The molecule has 0 spiro atoms. The van der Waals surface area contributed by atoms with Crippen molar-refractivity contribution in [2.75, 3.05) is 25.2 Å². The molecule has 0 radical (unpaired) electrons. The smallest absolute Gasteiger partial charge is 0.227 e. The SMILES string of the molecule is CCc1ccc(OCCn2c([C@H]3CC(=O)N(c4cccc(OC)c4)C3)nc3ccccc32)cc1. The lowest BCUT2D eigenvalue weighted by Crippen LogP contribution is -2.24. The van der Waals surface area contributed by atoms with Crippen LogP contribution < -0.4 is 14.4 Å². The van der Waals surface area contributed by atoms with Gasteiger partial charge in [0.15, 0.2) is 0 Å². The van der Waals surface area contributed by atoms with Crippen LogP contribution in [0.15, 0.2) is 72.8 Å². The van der Waals surface area contributed by atoms with Crippen molar-refractivity contribution in [3.8, 4) is 11.5 Å². The van der Waals surface area contributed by atoms with Gasteiger partial charge in [0.1, 0.15) is 23.9 Å². The molecule has 0 saturated carbocycles. The number of rotatable bonds is 8. The molecule has 34 heavy (non-hydrogen) atoms. The van der Waals surface area contributed by atoms with Crippen LogP contribution in [0.2, 0.25) is 0 Å². The van der Waals surface area contributed by atoms with Gasteiger partial charge in [-0.25, -0.2) is 4.98 Å². The summed E-state index contributed by atoms with van der Waals surface area (Å²) < 4.78 is 13.6. The van der Waals surface area contributed by atoms with Crippen molar-refractivity contribution in [1.29, 1.82) is 0 Å². The van der Waals surface area contributed by atoms with Crippen LogP contribution in [0.25, 0.3) is 11.0 Å². The maximum Gasteiger partial charge on any atom is 0.227 e. The lowest BCUT2D eigenvalue weighted by atomic mass is 10.1. The Morgan fingerprint density at radius 1 is 1.00 bits per heavy atom. The average molecular weight is 456 g/mol. The summed E-state index contributed by atoms with van der Waals surface area (Å²) in [6.45, 7) is 3.92. The molecule has 6 nitrogen and oxygen atoms in total. The Kier molecular flexibility index (Phi) is 6.21. The fraction of sp³-hybridized carbons (Fsp3) is 0.286. The molecule has 1 amide bonds. The van der Waals surface area contributed by atoms with E-state index < -0.39 is 0 Å². The molecule has 1 aromatic heterocycles. The Morgan fingerprint density at radius 3 is 2.62 bits per heavy atom. The third-order valence-corrected chi connectivity index (χ3v) is 6.45. The van der Waals surface area contributed by atoms with Crippen LogP contribution >= 0.6 is 0 Å². The van der Waals surface area contributed by atoms with Crippen LogP contribution in [0.1, 0.15) is 30.7 Å². The number of methoxy groups -OCH3 is 1. The van der Waals surface area contributed by atoms with E-state index in [9.17, 15) is 4.79 Å². The van der Waals surface area contributed by atoms with Gasteiger partial charge in [-0.3, -0.25) is 4.79 Å². The van der Waals surface area contributed by atoms with E-state index >= 15 is 0 Å². The van der Waals surface area contributed by atoms with Gasteiger partial charge in [0.25, 0.3) is 0 Å². The number of hydrogen-bond donors (Lipinski definition) is 0. The monoisotopic (exact) mass is 455 g/mol. The fourth-order valence-corrected chi connectivity index (χ4v) is 4.63. The van der Waals surface area contributed by atoms with Crippen LogP contribution in [0.3, 0.4) is 0 Å². The number of benzene rings is 3. The van der Waals surface area contributed by atoms with Gasteiger partial charge in [-0.05, 0) is 48.4 Å². The van der Waals surface area contributed by atoms with E-state index in [4.69, 9.17) is 14.5 Å². The summed E-state index contributed by atoms with van der Waals surface area (Å²) in [5, 5.41) is 0. The standard InChI is InChI=1S/C28H29N3O3/c1-3-20-11-13-23(14-12-20)34-16-15-30-26-10-5-4-9-25(26)29-28(30)21-17-27(32)31(19-21)22-7-6-8-24(18-22)33-2/h4-14,18,21H,3,15-17,19H2,1-2H3/t21-/m0/s1. The molecule has 5 rings (SSSR count). The van der Waals surface area contributed by atoms with E-state index in [-0.39, 0.29) is 11.8 Å². The Bertz CT molecular complexity index is 1300. The zero-order valence-electron chi connectivity index (χ0n) is 19.6. The molecular formula is C28H29N3O3. The quantitative estimate of drug-likeness (QED) is 0.366. The molecule has 1 aliphatic heterocycles. The molecule has 0 aliphatic carbocycles. The molecule has 0 bridgehead atoms. The molecule has 1 fully saturated rings. The minimum Gasteiger partial charge on any atom is -0.497 e. The zero-order chi connectivity index (χ0) is 23.5. The van der Waals surface area contributed by atoms with E-state index in [1.165, 1.54) is 5.56 Å². The number of anilines is 1. The predicted octanol–water partition coefficient (Wildman–Crippen LogP) is 5.21. The third-order valence-electron chi connectivity index (χ3n) is 6.45. The highest BCUT2D eigenvalue weighted by Crippen LogP contribution is 2.34. The predicted molar refractivity (Wildman–Crippen MR) is 134 cm³/mol. The summed E-state index contributed by atoms with van der Waals surface area (Å²) in [6, 6.07) is 24.0. The number of fused-ring (bicyclic) bond motifs is 1. The number of aromatic nitrogens is 2. The van der Waals surface area contributed by atoms with E-state index in [0.717, 1.165) is 40.5 Å². The lowest BCUT2D eigenvalue weighted by molar-refractivity contribution is -0.117.